The van der Waals surface area contributed by atoms with Crippen LogP contribution < -0.4 is 16.0 Å². The number of esters is 1. The minimum atomic E-state index is -0.404. The normalized spacial score (nSPS) is 16.0. The highest BCUT2D eigenvalue weighted by Crippen LogP contribution is 2.22. The molecule has 0 aromatic heterocycles. The molecule has 0 saturated carbocycles. The van der Waals surface area contributed by atoms with Crippen molar-refractivity contribution in [2.45, 2.75) is 40.2 Å². The molecule has 1 saturated heterocycles. The van der Waals surface area contributed by atoms with Crippen molar-refractivity contribution < 1.29 is 24.3 Å². The number of nitrogens with one attached hydrogen (secondary N) is 1. The van der Waals surface area contributed by atoms with Gasteiger partial charge in [0.2, 0.25) is 11.8 Å². The van der Waals surface area contributed by atoms with Crippen LogP contribution in [0.25, 0.3) is 0 Å². The van der Waals surface area contributed by atoms with Crippen LogP contribution in [-0.2, 0) is 19.1 Å². The van der Waals surface area contributed by atoms with Gasteiger partial charge in [-0.2, -0.15) is 0 Å². The lowest BCUT2D eigenvalue weighted by Crippen LogP contribution is -2.55. The van der Waals surface area contributed by atoms with Gasteiger partial charge in [0.1, 0.15) is 0 Å². The molecule has 10 nitrogen and oxygen atoms in total. The van der Waals surface area contributed by atoms with Crippen LogP contribution in [-0.4, -0.2) is 72.6 Å². The summed E-state index contributed by atoms with van der Waals surface area (Å²) in [6, 6.07) is 6.62. The van der Waals surface area contributed by atoms with Crippen molar-refractivity contribution in [1.82, 2.24) is 10.2 Å². The minimum Gasteiger partial charge on any atom is -0.466 e. The van der Waals surface area contributed by atoms with Crippen LogP contribution in [0.1, 0.15) is 39.7 Å². The smallest absolute Gasteiger partial charge is 0.307 e. The molecule has 1 aliphatic heterocycles. The van der Waals surface area contributed by atoms with Crippen LogP contribution in [0, 0.1) is 5.41 Å². The Labute approximate surface area is 188 Å². The number of nitrogens with zero attached hydrogens (tertiary/aromatic N) is 3. The van der Waals surface area contributed by atoms with Crippen LogP contribution in [0.3, 0.4) is 0 Å². The van der Waals surface area contributed by atoms with Crippen LogP contribution >= 0.6 is 0 Å². The SMILES string of the molecule is CCOC(=O)CC(NC(=O)CN1CCN(c2ccc(/C(N)=N\O)cc2)CC1=O)C(C)(C)C. The van der Waals surface area contributed by atoms with Crippen molar-refractivity contribution in [2.75, 3.05) is 37.7 Å². The molecule has 1 atom stereocenters. The van der Waals surface area contributed by atoms with Gasteiger partial charge in [0, 0.05) is 30.4 Å². The van der Waals surface area contributed by atoms with Gasteiger partial charge in [-0.25, -0.2) is 0 Å². The number of anilines is 1. The van der Waals surface area contributed by atoms with E-state index in [1.807, 2.05) is 25.7 Å². The quantitative estimate of drug-likeness (QED) is 0.177. The Hall–Kier alpha value is -3.30. The lowest BCUT2D eigenvalue weighted by Gasteiger charge is -2.36. The van der Waals surface area contributed by atoms with E-state index in [4.69, 9.17) is 15.7 Å². The maximum atomic E-state index is 12.6. The molecule has 1 aliphatic rings. The number of carbonyl (C=O) groups excluding carboxylic acids is 3. The second-order valence-electron chi connectivity index (χ2n) is 8.76. The van der Waals surface area contributed by atoms with E-state index in [2.05, 4.69) is 10.5 Å². The summed E-state index contributed by atoms with van der Waals surface area (Å²) in [6.07, 6.45) is 0.0757. The van der Waals surface area contributed by atoms with E-state index in [1.54, 1.807) is 31.2 Å². The number of hydrogen-bond acceptors (Lipinski definition) is 7. The van der Waals surface area contributed by atoms with Crippen LogP contribution in [0.15, 0.2) is 29.4 Å². The maximum Gasteiger partial charge on any atom is 0.307 e. The molecule has 176 valence electrons. The summed E-state index contributed by atoms with van der Waals surface area (Å²) in [5.74, 6) is -0.820. The fraction of sp³-hybridized carbons (Fsp3) is 0.545. The van der Waals surface area contributed by atoms with Crippen LogP contribution in [0.2, 0.25) is 0 Å². The molecule has 0 radical (unpaired) electrons. The fourth-order valence-corrected chi connectivity index (χ4v) is 3.37. The zero-order chi connectivity index (χ0) is 23.9. The molecule has 0 bridgehead atoms. The van der Waals surface area contributed by atoms with Crippen molar-refractivity contribution in [3.05, 3.63) is 29.8 Å². The maximum absolute atomic E-state index is 12.6. The number of nitrogens with two attached hydrogens (primary N) is 1. The molecule has 1 aromatic rings. The number of ether oxygens (including phenoxy) is 1. The third kappa shape index (κ3) is 6.86. The molecule has 2 rings (SSSR count). The number of hydrogen-bond donors (Lipinski definition) is 3. The number of amides is 2. The Morgan fingerprint density at radius 1 is 1.25 bits per heavy atom. The first-order valence-corrected chi connectivity index (χ1v) is 10.6. The van der Waals surface area contributed by atoms with Crippen LogP contribution in [0.4, 0.5) is 5.69 Å². The Kier molecular flexibility index (Phi) is 8.45. The van der Waals surface area contributed by atoms with E-state index in [-0.39, 0.29) is 55.2 Å². The van der Waals surface area contributed by atoms with E-state index >= 15 is 0 Å². The monoisotopic (exact) mass is 447 g/mol. The summed E-state index contributed by atoms with van der Waals surface area (Å²) in [5.41, 5.74) is 6.64. The minimum absolute atomic E-state index is 0.0139. The first-order valence-electron chi connectivity index (χ1n) is 10.6. The number of rotatable bonds is 8. The van der Waals surface area contributed by atoms with Gasteiger partial charge in [-0.05, 0) is 36.6 Å². The average Bonchev–Trinajstić information content (AvgIpc) is 2.73. The largest absolute Gasteiger partial charge is 0.466 e. The average molecular weight is 448 g/mol. The summed E-state index contributed by atoms with van der Waals surface area (Å²) in [5, 5.41) is 14.6. The highest BCUT2D eigenvalue weighted by atomic mass is 16.5. The lowest BCUT2D eigenvalue weighted by molar-refractivity contribution is -0.145. The van der Waals surface area contributed by atoms with E-state index < -0.39 is 6.04 Å². The molecule has 1 fully saturated rings. The van der Waals surface area contributed by atoms with Crippen molar-refractivity contribution in [2.24, 2.45) is 16.3 Å². The van der Waals surface area contributed by atoms with Gasteiger partial charge >= 0.3 is 5.97 Å². The topological polar surface area (TPSA) is 138 Å². The zero-order valence-electron chi connectivity index (χ0n) is 19.1. The zero-order valence-corrected chi connectivity index (χ0v) is 19.1. The third-order valence-electron chi connectivity index (χ3n) is 5.35. The standard InChI is InChI=1S/C22H33N5O5/c1-5-32-20(30)12-17(22(2,3)4)24-18(28)13-27-11-10-26(14-19(27)29)16-8-6-15(7-9-16)21(23)25-31/h6-9,17,31H,5,10-14H2,1-4H3,(H2,23,25)(H,24,28). The molecule has 4 N–H and O–H groups in total. The van der Waals surface area contributed by atoms with Crippen molar-refractivity contribution in [3.63, 3.8) is 0 Å². The number of amidine groups is 1. The summed E-state index contributed by atoms with van der Waals surface area (Å²) >= 11 is 0. The third-order valence-corrected chi connectivity index (χ3v) is 5.35. The Balaban J connectivity index is 1.94. The Morgan fingerprint density at radius 3 is 2.44 bits per heavy atom. The van der Waals surface area contributed by atoms with Crippen LogP contribution in [0.5, 0.6) is 0 Å². The second-order valence-corrected chi connectivity index (χ2v) is 8.76. The molecule has 2 amide bonds. The Bertz CT molecular complexity index is 847. The molecule has 10 heteroatoms. The Morgan fingerprint density at radius 2 is 1.91 bits per heavy atom. The van der Waals surface area contributed by atoms with Gasteiger partial charge < -0.3 is 30.8 Å². The van der Waals surface area contributed by atoms with E-state index in [0.29, 0.717) is 18.7 Å². The van der Waals surface area contributed by atoms with Gasteiger partial charge in [0.05, 0.1) is 26.1 Å². The summed E-state index contributed by atoms with van der Waals surface area (Å²) in [6.45, 7) is 8.87. The molecule has 1 unspecified atom stereocenters. The van der Waals surface area contributed by atoms with Crippen molar-refractivity contribution in [3.8, 4) is 0 Å². The number of piperazine rings is 1. The summed E-state index contributed by atoms with van der Waals surface area (Å²) < 4.78 is 5.01. The molecule has 0 spiro atoms. The van der Waals surface area contributed by atoms with E-state index in [1.165, 1.54) is 4.90 Å². The van der Waals surface area contributed by atoms with Gasteiger partial charge in [0.25, 0.3) is 0 Å². The molecule has 1 heterocycles. The predicted molar refractivity (Wildman–Crippen MR) is 120 cm³/mol. The molecule has 32 heavy (non-hydrogen) atoms. The summed E-state index contributed by atoms with van der Waals surface area (Å²) in [4.78, 5) is 40.6. The predicted octanol–water partition coefficient (Wildman–Crippen LogP) is 0.914. The fourth-order valence-electron chi connectivity index (χ4n) is 3.37. The molecule has 1 aromatic carbocycles. The highest BCUT2D eigenvalue weighted by Gasteiger charge is 2.31. The number of benzene rings is 1. The number of oxime groups is 1. The van der Waals surface area contributed by atoms with Gasteiger partial charge in [0.15, 0.2) is 5.84 Å². The highest BCUT2D eigenvalue weighted by molar-refractivity contribution is 5.97. The van der Waals surface area contributed by atoms with Gasteiger partial charge in [-0.15, -0.1) is 0 Å². The van der Waals surface area contributed by atoms with Gasteiger partial charge in [-0.3, -0.25) is 14.4 Å². The van der Waals surface area contributed by atoms with Crippen molar-refractivity contribution >= 4 is 29.3 Å². The van der Waals surface area contributed by atoms with E-state index in [0.717, 1.165) is 5.69 Å². The van der Waals surface area contributed by atoms with E-state index in [9.17, 15) is 14.4 Å². The molecular formula is C22H33N5O5. The first-order chi connectivity index (χ1) is 15.0. The second kappa shape index (κ2) is 10.8. The van der Waals surface area contributed by atoms with Crippen molar-refractivity contribution in [1.29, 1.82) is 0 Å². The van der Waals surface area contributed by atoms with Gasteiger partial charge in [-0.1, -0.05) is 25.9 Å². The molecule has 0 aliphatic carbocycles. The molecular weight excluding hydrogens is 414 g/mol. The first kappa shape index (κ1) is 25.0. The lowest BCUT2D eigenvalue weighted by atomic mass is 9.84. The number of carbonyl (C=O) groups is 3. The summed E-state index contributed by atoms with van der Waals surface area (Å²) in [7, 11) is 0.